The number of methoxy groups -OCH3 is 1. The Morgan fingerprint density at radius 1 is 1.16 bits per heavy atom. The fourth-order valence-electron chi connectivity index (χ4n) is 1.95. The summed E-state index contributed by atoms with van der Waals surface area (Å²) in [4.78, 5) is 11.1. The highest BCUT2D eigenvalue weighted by Gasteiger charge is 2.13. The number of carboxylic acid groups (broad SMARTS) is 1. The molecule has 0 aromatic heterocycles. The van der Waals surface area contributed by atoms with E-state index < -0.39 is 5.97 Å². The average molecular weight is 257 g/mol. The molecule has 0 unspecified atom stereocenters. The van der Waals surface area contributed by atoms with Gasteiger partial charge in [-0.2, -0.15) is 0 Å². The van der Waals surface area contributed by atoms with Crippen LogP contribution in [0.1, 0.15) is 15.9 Å². The van der Waals surface area contributed by atoms with Crippen LogP contribution in [0.2, 0.25) is 0 Å². The van der Waals surface area contributed by atoms with E-state index in [4.69, 9.17) is 15.6 Å². The summed E-state index contributed by atoms with van der Waals surface area (Å²) < 4.78 is 5.28. The fourth-order valence-corrected chi connectivity index (χ4v) is 1.95. The first-order chi connectivity index (χ1) is 9.02. The van der Waals surface area contributed by atoms with Gasteiger partial charge in [-0.1, -0.05) is 11.6 Å². The predicted octanol–water partition coefficient (Wildman–Crippen LogP) is 2.95. The van der Waals surface area contributed by atoms with E-state index in [9.17, 15) is 4.79 Å². The van der Waals surface area contributed by atoms with E-state index in [1.807, 2.05) is 19.1 Å². The van der Waals surface area contributed by atoms with Gasteiger partial charge in [0.2, 0.25) is 0 Å². The number of hydrogen-bond donors (Lipinski definition) is 2. The van der Waals surface area contributed by atoms with E-state index in [-0.39, 0.29) is 5.56 Å². The van der Waals surface area contributed by atoms with Gasteiger partial charge >= 0.3 is 5.97 Å². The van der Waals surface area contributed by atoms with Crippen molar-refractivity contribution in [1.82, 2.24) is 0 Å². The summed E-state index contributed by atoms with van der Waals surface area (Å²) in [6.07, 6.45) is 0. The van der Waals surface area contributed by atoms with Crippen molar-refractivity contribution in [2.75, 3.05) is 12.8 Å². The van der Waals surface area contributed by atoms with Crippen LogP contribution < -0.4 is 10.5 Å². The second-order valence-corrected chi connectivity index (χ2v) is 4.31. The molecule has 4 heteroatoms. The highest BCUT2D eigenvalue weighted by atomic mass is 16.5. The molecule has 0 aliphatic carbocycles. The Kier molecular flexibility index (Phi) is 3.42. The number of ether oxygens (including phenoxy) is 1. The molecular weight excluding hydrogens is 242 g/mol. The monoisotopic (exact) mass is 257 g/mol. The van der Waals surface area contributed by atoms with Gasteiger partial charge in [-0.3, -0.25) is 0 Å². The van der Waals surface area contributed by atoms with Crippen LogP contribution in [-0.2, 0) is 0 Å². The van der Waals surface area contributed by atoms with Gasteiger partial charge in [0, 0.05) is 16.8 Å². The Bertz CT molecular complexity index is 635. The van der Waals surface area contributed by atoms with Gasteiger partial charge in [-0.25, -0.2) is 4.79 Å². The molecule has 0 radical (unpaired) electrons. The van der Waals surface area contributed by atoms with Crippen molar-refractivity contribution in [2.24, 2.45) is 0 Å². The normalized spacial score (nSPS) is 10.2. The molecule has 0 saturated heterocycles. The van der Waals surface area contributed by atoms with Gasteiger partial charge in [0.25, 0.3) is 0 Å². The number of nitrogens with two attached hydrogens (primary N) is 1. The predicted molar refractivity (Wildman–Crippen MR) is 74.5 cm³/mol. The van der Waals surface area contributed by atoms with Gasteiger partial charge < -0.3 is 15.6 Å². The standard InChI is InChI=1S/C15H15NO3/c1-9-3-5-13(16)11(7-9)12-8-10(15(17)18)4-6-14(12)19-2/h3-8H,16H2,1-2H3,(H,17,18). The van der Waals surface area contributed by atoms with Crippen LogP contribution in [0.3, 0.4) is 0 Å². The molecule has 19 heavy (non-hydrogen) atoms. The molecule has 0 aliphatic heterocycles. The van der Waals surface area contributed by atoms with Crippen LogP contribution in [0.4, 0.5) is 5.69 Å². The van der Waals surface area contributed by atoms with Gasteiger partial charge in [-0.15, -0.1) is 0 Å². The Morgan fingerprint density at radius 3 is 2.53 bits per heavy atom. The number of carboxylic acids is 1. The van der Waals surface area contributed by atoms with Crippen molar-refractivity contribution in [3.05, 3.63) is 47.5 Å². The molecule has 4 nitrogen and oxygen atoms in total. The molecule has 0 aliphatic rings. The number of hydrogen-bond acceptors (Lipinski definition) is 3. The van der Waals surface area contributed by atoms with E-state index in [0.29, 0.717) is 17.0 Å². The minimum Gasteiger partial charge on any atom is -0.496 e. The zero-order chi connectivity index (χ0) is 14.0. The third-order valence-corrected chi connectivity index (χ3v) is 2.95. The average Bonchev–Trinajstić information content (AvgIpc) is 2.40. The van der Waals surface area contributed by atoms with Crippen LogP contribution in [-0.4, -0.2) is 18.2 Å². The molecular formula is C15H15NO3. The molecule has 3 N–H and O–H groups in total. The molecule has 2 aromatic carbocycles. The topological polar surface area (TPSA) is 72.5 Å². The lowest BCUT2D eigenvalue weighted by molar-refractivity contribution is 0.0697. The molecule has 2 aromatic rings. The van der Waals surface area contributed by atoms with E-state index in [2.05, 4.69) is 0 Å². The molecule has 0 amide bonds. The van der Waals surface area contributed by atoms with Crippen molar-refractivity contribution in [3.63, 3.8) is 0 Å². The van der Waals surface area contributed by atoms with Gasteiger partial charge in [0.1, 0.15) is 5.75 Å². The van der Waals surface area contributed by atoms with Gasteiger partial charge in [-0.05, 0) is 37.3 Å². The molecule has 0 atom stereocenters. The first-order valence-corrected chi connectivity index (χ1v) is 5.80. The van der Waals surface area contributed by atoms with Crippen LogP contribution >= 0.6 is 0 Å². The van der Waals surface area contributed by atoms with Crippen LogP contribution in [0.5, 0.6) is 5.75 Å². The van der Waals surface area contributed by atoms with Crippen molar-refractivity contribution in [2.45, 2.75) is 6.92 Å². The van der Waals surface area contributed by atoms with Crippen molar-refractivity contribution < 1.29 is 14.6 Å². The minimum atomic E-state index is -0.977. The minimum absolute atomic E-state index is 0.205. The van der Waals surface area contributed by atoms with Crippen molar-refractivity contribution in [3.8, 4) is 16.9 Å². The lowest BCUT2D eigenvalue weighted by Crippen LogP contribution is -1.99. The molecule has 0 bridgehead atoms. The largest absolute Gasteiger partial charge is 0.496 e. The van der Waals surface area contributed by atoms with Crippen LogP contribution in [0.15, 0.2) is 36.4 Å². The summed E-state index contributed by atoms with van der Waals surface area (Å²) in [5.74, 6) is -0.377. The number of rotatable bonds is 3. The number of anilines is 1. The lowest BCUT2D eigenvalue weighted by atomic mass is 9.98. The summed E-state index contributed by atoms with van der Waals surface area (Å²) in [6.45, 7) is 1.95. The SMILES string of the molecule is COc1ccc(C(=O)O)cc1-c1cc(C)ccc1N. The molecule has 2 rings (SSSR count). The number of aromatic carboxylic acids is 1. The highest BCUT2D eigenvalue weighted by Crippen LogP contribution is 2.35. The maximum absolute atomic E-state index is 11.1. The lowest BCUT2D eigenvalue weighted by Gasteiger charge is -2.12. The van der Waals surface area contributed by atoms with Crippen LogP contribution in [0, 0.1) is 6.92 Å². The summed E-state index contributed by atoms with van der Waals surface area (Å²) in [6, 6.07) is 10.4. The third-order valence-electron chi connectivity index (χ3n) is 2.95. The Morgan fingerprint density at radius 2 is 1.89 bits per heavy atom. The maximum Gasteiger partial charge on any atom is 0.335 e. The van der Waals surface area contributed by atoms with E-state index >= 15 is 0 Å². The highest BCUT2D eigenvalue weighted by molar-refractivity contribution is 5.92. The van der Waals surface area contributed by atoms with E-state index in [1.165, 1.54) is 6.07 Å². The van der Waals surface area contributed by atoms with Gasteiger partial charge in [0.15, 0.2) is 0 Å². The number of carbonyl (C=O) groups is 1. The van der Waals surface area contributed by atoms with Crippen molar-refractivity contribution in [1.29, 1.82) is 0 Å². The van der Waals surface area contributed by atoms with E-state index in [0.717, 1.165) is 11.1 Å². The fraction of sp³-hybridized carbons (Fsp3) is 0.133. The smallest absolute Gasteiger partial charge is 0.335 e. The van der Waals surface area contributed by atoms with Crippen molar-refractivity contribution >= 4 is 11.7 Å². The summed E-state index contributed by atoms with van der Waals surface area (Å²) in [5.41, 5.74) is 9.27. The number of nitrogen functional groups attached to an aromatic ring is 1. The second kappa shape index (κ2) is 5.02. The maximum atomic E-state index is 11.1. The van der Waals surface area contributed by atoms with E-state index in [1.54, 1.807) is 25.3 Å². The Hall–Kier alpha value is -2.49. The molecule has 0 fully saturated rings. The second-order valence-electron chi connectivity index (χ2n) is 4.31. The molecule has 98 valence electrons. The van der Waals surface area contributed by atoms with Crippen LogP contribution in [0.25, 0.3) is 11.1 Å². The Balaban J connectivity index is 2.68. The first-order valence-electron chi connectivity index (χ1n) is 5.80. The Labute approximate surface area is 111 Å². The summed E-state index contributed by atoms with van der Waals surface area (Å²) >= 11 is 0. The summed E-state index contributed by atoms with van der Waals surface area (Å²) in [5, 5.41) is 9.07. The summed E-state index contributed by atoms with van der Waals surface area (Å²) in [7, 11) is 1.55. The quantitative estimate of drug-likeness (QED) is 0.829. The number of aryl methyl sites for hydroxylation is 1. The zero-order valence-electron chi connectivity index (χ0n) is 10.8. The van der Waals surface area contributed by atoms with Gasteiger partial charge in [0.05, 0.1) is 12.7 Å². The molecule has 0 heterocycles. The molecule has 0 saturated carbocycles. The third kappa shape index (κ3) is 2.52. The first kappa shape index (κ1) is 13.0. The molecule has 0 spiro atoms. The number of benzene rings is 2. The zero-order valence-corrected chi connectivity index (χ0v) is 10.8.